The Hall–Kier alpha value is -3.59. The highest BCUT2D eigenvalue weighted by Crippen LogP contribution is 2.37. The average molecular weight is 457 g/mol. The van der Waals surface area contributed by atoms with Gasteiger partial charge in [-0.3, -0.25) is 9.59 Å². The normalized spacial score (nSPS) is 15.7. The number of nitrogens with zero attached hydrogens (tertiary/aromatic N) is 3. The van der Waals surface area contributed by atoms with E-state index in [9.17, 15) is 9.59 Å². The van der Waals surface area contributed by atoms with E-state index in [1.807, 2.05) is 6.07 Å². The number of amides is 2. The molecule has 2 heterocycles. The molecule has 10 heteroatoms. The van der Waals surface area contributed by atoms with Crippen LogP contribution in [0.25, 0.3) is 11.4 Å². The minimum absolute atomic E-state index is 0.0869. The smallest absolute Gasteiger partial charge is 0.229 e. The van der Waals surface area contributed by atoms with Crippen molar-refractivity contribution < 1.29 is 23.6 Å². The van der Waals surface area contributed by atoms with Crippen LogP contribution in [0.3, 0.4) is 0 Å². The number of anilines is 2. The average Bonchev–Trinajstić information content (AvgIpc) is 3.40. The topological polar surface area (TPSA) is 107 Å². The molecule has 1 saturated heterocycles. The Kier molecular flexibility index (Phi) is 6.00. The van der Waals surface area contributed by atoms with Crippen LogP contribution in [0.4, 0.5) is 11.4 Å². The van der Waals surface area contributed by atoms with Crippen molar-refractivity contribution in [3.8, 4) is 22.9 Å². The second-order valence-electron chi connectivity index (χ2n) is 7.27. The van der Waals surface area contributed by atoms with Crippen molar-refractivity contribution in [1.82, 2.24) is 10.1 Å². The van der Waals surface area contributed by atoms with Crippen LogP contribution < -0.4 is 19.7 Å². The molecule has 9 nitrogen and oxygen atoms in total. The summed E-state index contributed by atoms with van der Waals surface area (Å²) in [4.78, 5) is 31.4. The van der Waals surface area contributed by atoms with E-state index in [1.54, 1.807) is 42.2 Å². The Balaban J connectivity index is 1.51. The monoisotopic (exact) mass is 456 g/mol. The number of carbonyl (C=O) groups is 2. The van der Waals surface area contributed by atoms with Gasteiger partial charge in [0.05, 0.1) is 30.8 Å². The zero-order valence-electron chi connectivity index (χ0n) is 17.7. The summed E-state index contributed by atoms with van der Waals surface area (Å²) in [6.45, 7) is 1.95. The molecule has 0 aliphatic carbocycles. The summed E-state index contributed by atoms with van der Waals surface area (Å²) in [7, 11) is 2.98. The maximum absolute atomic E-state index is 12.9. The second kappa shape index (κ2) is 8.88. The molecule has 0 spiro atoms. The molecular formula is C22H21ClN4O5. The van der Waals surface area contributed by atoms with Crippen LogP contribution >= 0.6 is 11.6 Å². The molecule has 4 rings (SSSR count). The number of rotatable bonds is 6. The van der Waals surface area contributed by atoms with Gasteiger partial charge in [0.1, 0.15) is 11.5 Å². The molecule has 1 aliphatic heterocycles. The lowest BCUT2D eigenvalue weighted by Crippen LogP contribution is -2.28. The zero-order valence-corrected chi connectivity index (χ0v) is 18.5. The molecule has 1 atom stereocenters. The van der Waals surface area contributed by atoms with E-state index in [0.717, 1.165) is 5.56 Å². The van der Waals surface area contributed by atoms with Gasteiger partial charge in [0.2, 0.25) is 23.5 Å². The van der Waals surface area contributed by atoms with Gasteiger partial charge in [0.15, 0.2) is 0 Å². The maximum Gasteiger partial charge on any atom is 0.229 e. The van der Waals surface area contributed by atoms with Gasteiger partial charge in [-0.25, -0.2) is 0 Å². The maximum atomic E-state index is 12.9. The van der Waals surface area contributed by atoms with Crippen LogP contribution in [0.2, 0.25) is 5.02 Å². The molecule has 2 aromatic carbocycles. The molecule has 1 aliphatic rings. The Morgan fingerprint density at radius 2 is 2.00 bits per heavy atom. The molecule has 0 radical (unpaired) electrons. The molecule has 2 amide bonds. The summed E-state index contributed by atoms with van der Waals surface area (Å²) in [6, 6.07) is 10.4. The first-order valence-electron chi connectivity index (χ1n) is 9.83. The van der Waals surface area contributed by atoms with Gasteiger partial charge in [-0.2, -0.15) is 4.98 Å². The Labute approximate surface area is 189 Å². The zero-order chi connectivity index (χ0) is 22.8. The quantitative estimate of drug-likeness (QED) is 0.602. The van der Waals surface area contributed by atoms with Gasteiger partial charge in [0, 0.05) is 37.2 Å². The van der Waals surface area contributed by atoms with Gasteiger partial charge in [-0.1, -0.05) is 28.9 Å². The second-order valence-corrected chi connectivity index (χ2v) is 7.68. The number of halogens is 1. The van der Waals surface area contributed by atoms with E-state index in [-0.39, 0.29) is 24.8 Å². The van der Waals surface area contributed by atoms with E-state index < -0.39 is 5.92 Å². The summed E-state index contributed by atoms with van der Waals surface area (Å²) in [5.74, 6) is 0.743. The van der Waals surface area contributed by atoms with Crippen molar-refractivity contribution in [1.29, 1.82) is 0 Å². The summed E-state index contributed by atoms with van der Waals surface area (Å²) < 4.78 is 15.5. The first-order valence-corrected chi connectivity index (χ1v) is 10.2. The van der Waals surface area contributed by atoms with Gasteiger partial charge >= 0.3 is 0 Å². The SMILES string of the molecule is COc1cc(OC)c(NC(=O)C2CC(=O)N(c3cccc(-c4noc(C)n4)c3)C2)cc1Cl. The van der Waals surface area contributed by atoms with Gasteiger partial charge < -0.3 is 24.2 Å². The van der Waals surface area contributed by atoms with E-state index in [2.05, 4.69) is 15.5 Å². The number of methoxy groups -OCH3 is 2. The van der Waals surface area contributed by atoms with Crippen LogP contribution in [0.15, 0.2) is 40.9 Å². The lowest BCUT2D eigenvalue weighted by atomic mass is 10.1. The number of carbonyl (C=O) groups excluding carboxylic acids is 2. The van der Waals surface area contributed by atoms with Crippen molar-refractivity contribution >= 4 is 34.8 Å². The molecular weight excluding hydrogens is 436 g/mol. The third-order valence-electron chi connectivity index (χ3n) is 5.17. The molecule has 166 valence electrons. The minimum atomic E-state index is -0.538. The van der Waals surface area contributed by atoms with E-state index in [4.69, 9.17) is 25.6 Å². The lowest BCUT2D eigenvalue weighted by molar-refractivity contribution is -0.122. The van der Waals surface area contributed by atoms with Gasteiger partial charge in [-0.05, 0) is 18.2 Å². The number of benzene rings is 2. The number of ether oxygens (including phenoxy) is 2. The highest BCUT2D eigenvalue weighted by molar-refractivity contribution is 6.32. The molecule has 32 heavy (non-hydrogen) atoms. The van der Waals surface area contributed by atoms with Crippen LogP contribution in [-0.4, -0.2) is 42.7 Å². The van der Waals surface area contributed by atoms with E-state index in [0.29, 0.717) is 39.6 Å². The predicted octanol–water partition coefficient (Wildman–Crippen LogP) is 3.71. The molecule has 3 aromatic rings. The molecule has 0 bridgehead atoms. The van der Waals surface area contributed by atoms with E-state index in [1.165, 1.54) is 14.2 Å². The fourth-order valence-electron chi connectivity index (χ4n) is 3.55. The lowest BCUT2D eigenvalue weighted by Gasteiger charge is -2.18. The number of nitrogens with one attached hydrogen (secondary N) is 1. The summed E-state index contributed by atoms with van der Waals surface area (Å²) in [5.41, 5.74) is 1.79. The van der Waals surface area contributed by atoms with Crippen molar-refractivity contribution in [2.75, 3.05) is 31.0 Å². The van der Waals surface area contributed by atoms with Crippen molar-refractivity contribution in [2.45, 2.75) is 13.3 Å². The minimum Gasteiger partial charge on any atom is -0.495 e. The van der Waals surface area contributed by atoms with Crippen molar-refractivity contribution in [3.05, 3.63) is 47.3 Å². The largest absolute Gasteiger partial charge is 0.495 e. The fraction of sp³-hybridized carbons (Fsp3) is 0.273. The van der Waals surface area contributed by atoms with Gasteiger partial charge in [-0.15, -0.1) is 0 Å². The van der Waals surface area contributed by atoms with Crippen molar-refractivity contribution in [2.24, 2.45) is 5.92 Å². The molecule has 1 N–H and O–H groups in total. The standard InChI is InChI=1S/C22H21ClN4O5/c1-12-24-21(26-32-12)13-5-4-6-15(7-13)27-11-14(8-20(27)28)22(29)25-17-9-16(23)18(30-2)10-19(17)31-3/h4-7,9-10,14H,8,11H2,1-3H3,(H,25,29). The number of hydrogen-bond acceptors (Lipinski definition) is 7. The molecule has 1 unspecified atom stereocenters. The third kappa shape index (κ3) is 4.24. The summed E-state index contributed by atoms with van der Waals surface area (Å²) in [5, 5.41) is 7.06. The Morgan fingerprint density at radius 1 is 1.22 bits per heavy atom. The number of aryl methyl sites for hydroxylation is 1. The molecule has 1 fully saturated rings. The summed E-state index contributed by atoms with van der Waals surface area (Å²) in [6.07, 6.45) is 0.0869. The van der Waals surface area contributed by atoms with Crippen LogP contribution in [0.1, 0.15) is 12.3 Å². The fourth-order valence-corrected chi connectivity index (χ4v) is 3.80. The van der Waals surface area contributed by atoms with Gasteiger partial charge in [0.25, 0.3) is 0 Å². The number of aromatic nitrogens is 2. The Bertz CT molecular complexity index is 1180. The number of hydrogen-bond donors (Lipinski definition) is 1. The first kappa shape index (κ1) is 21.6. The highest BCUT2D eigenvalue weighted by atomic mass is 35.5. The van der Waals surface area contributed by atoms with Crippen LogP contribution in [-0.2, 0) is 9.59 Å². The summed E-state index contributed by atoms with van der Waals surface area (Å²) >= 11 is 6.18. The Morgan fingerprint density at radius 3 is 2.69 bits per heavy atom. The van der Waals surface area contributed by atoms with Crippen molar-refractivity contribution in [3.63, 3.8) is 0 Å². The third-order valence-corrected chi connectivity index (χ3v) is 5.47. The van der Waals surface area contributed by atoms with Crippen LogP contribution in [0.5, 0.6) is 11.5 Å². The highest BCUT2D eigenvalue weighted by Gasteiger charge is 2.35. The molecule has 0 saturated carbocycles. The van der Waals surface area contributed by atoms with E-state index >= 15 is 0 Å². The molecule has 1 aromatic heterocycles. The van der Waals surface area contributed by atoms with Crippen LogP contribution in [0, 0.1) is 12.8 Å². The first-order chi connectivity index (χ1) is 15.4. The predicted molar refractivity (Wildman–Crippen MR) is 118 cm³/mol.